The Kier molecular flexibility index (Phi) is 7.43. The second kappa shape index (κ2) is 10.0. The van der Waals surface area contributed by atoms with Gasteiger partial charge in [0.25, 0.3) is 0 Å². The van der Waals surface area contributed by atoms with Gasteiger partial charge in [0.15, 0.2) is 11.5 Å². The van der Waals surface area contributed by atoms with Gasteiger partial charge in [-0.3, -0.25) is 9.10 Å². The van der Waals surface area contributed by atoms with Gasteiger partial charge in [0.05, 0.1) is 11.9 Å². The molecule has 1 N–H and O–H groups in total. The van der Waals surface area contributed by atoms with E-state index >= 15 is 0 Å². The molecule has 0 bridgehead atoms. The molecule has 8 heteroatoms. The van der Waals surface area contributed by atoms with Crippen molar-refractivity contribution >= 4 is 21.6 Å². The lowest BCUT2D eigenvalue weighted by atomic mass is 10.0. The van der Waals surface area contributed by atoms with Gasteiger partial charge in [-0.1, -0.05) is 32.0 Å². The third-order valence-electron chi connectivity index (χ3n) is 5.35. The van der Waals surface area contributed by atoms with Crippen LogP contribution >= 0.6 is 0 Å². The summed E-state index contributed by atoms with van der Waals surface area (Å²) in [5.74, 6) is 1.02. The highest BCUT2D eigenvalue weighted by atomic mass is 32.2. The number of rotatable bonds is 10. The molecule has 0 saturated heterocycles. The van der Waals surface area contributed by atoms with E-state index in [0.717, 1.165) is 24.7 Å². The molecule has 0 atom stereocenters. The van der Waals surface area contributed by atoms with E-state index in [2.05, 4.69) is 37.4 Å². The van der Waals surface area contributed by atoms with E-state index in [1.807, 2.05) is 0 Å². The number of carbonyl (C=O) groups is 1. The largest absolute Gasteiger partial charge is 0.454 e. The molecule has 0 radical (unpaired) electrons. The molecule has 7 nitrogen and oxygen atoms in total. The molecule has 0 aliphatic carbocycles. The Morgan fingerprint density at radius 1 is 1.03 bits per heavy atom. The van der Waals surface area contributed by atoms with Gasteiger partial charge < -0.3 is 14.8 Å². The Morgan fingerprint density at radius 2 is 1.81 bits per heavy atom. The molecule has 0 fully saturated rings. The van der Waals surface area contributed by atoms with E-state index in [1.165, 1.54) is 15.4 Å². The van der Waals surface area contributed by atoms with Crippen LogP contribution in [-0.2, 0) is 34.2 Å². The summed E-state index contributed by atoms with van der Waals surface area (Å²) < 4.78 is 36.5. The fraction of sp³-hybridized carbons (Fsp3) is 0.435. The number of hydrogen-bond donors (Lipinski definition) is 1. The van der Waals surface area contributed by atoms with Crippen molar-refractivity contribution < 1.29 is 22.7 Å². The minimum atomic E-state index is -3.50. The maximum Gasteiger partial charge on any atom is 0.232 e. The van der Waals surface area contributed by atoms with Gasteiger partial charge >= 0.3 is 0 Å². The van der Waals surface area contributed by atoms with Crippen LogP contribution in [0.25, 0.3) is 0 Å². The van der Waals surface area contributed by atoms with E-state index in [4.69, 9.17) is 9.47 Å². The minimum Gasteiger partial charge on any atom is -0.454 e. The number of sulfonamides is 1. The molecule has 31 heavy (non-hydrogen) atoms. The molecule has 3 rings (SSSR count). The third-order valence-corrected chi connectivity index (χ3v) is 6.54. The highest BCUT2D eigenvalue weighted by Gasteiger charge is 2.21. The Labute approximate surface area is 184 Å². The van der Waals surface area contributed by atoms with Crippen molar-refractivity contribution in [1.29, 1.82) is 0 Å². The maximum atomic E-state index is 12.4. The fourth-order valence-corrected chi connectivity index (χ4v) is 4.56. The smallest absolute Gasteiger partial charge is 0.232 e. The predicted octanol–water partition coefficient (Wildman–Crippen LogP) is 3.40. The summed E-state index contributed by atoms with van der Waals surface area (Å²) in [6.45, 7) is 5.02. The number of hydrogen-bond acceptors (Lipinski definition) is 5. The van der Waals surface area contributed by atoms with Gasteiger partial charge in [0, 0.05) is 25.6 Å². The first-order valence-corrected chi connectivity index (χ1v) is 12.4. The highest BCUT2D eigenvalue weighted by molar-refractivity contribution is 7.92. The molecular formula is C23H30N2O5S. The van der Waals surface area contributed by atoms with Crippen LogP contribution in [0.15, 0.2) is 36.4 Å². The molecule has 168 valence electrons. The number of anilines is 1. The summed E-state index contributed by atoms with van der Waals surface area (Å²) in [6.07, 6.45) is 3.67. The lowest BCUT2D eigenvalue weighted by Crippen LogP contribution is -2.32. The van der Waals surface area contributed by atoms with Gasteiger partial charge in [-0.25, -0.2) is 8.42 Å². The predicted molar refractivity (Wildman–Crippen MR) is 121 cm³/mol. The number of nitrogens with zero attached hydrogens (tertiary/aromatic N) is 1. The van der Waals surface area contributed by atoms with Crippen molar-refractivity contribution in [2.75, 3.05) is 23.9 Å². The second-order valence-electron chi connectivity index (χ2n) is 7.56. The molecule has 1 amide bonds. The summed E-state index contributed by atoms with van der Waals surface area (Å²) in [6, 6.07) is 11.4. The number of fused-ring (bicyclic) bond motifs is 1. The Bertz CT molecular complexity index is 1040. The lowest BCUT2D eigenvalue weighted by Gasteiger charge is -2.22. The molecule has 0 unspecified atom stereocenters. The van der Waals surface area contributed by atoms with Crippen LogP contribution in [0.4, 0.5) is 5.69 Å². The summed E-state index contributed by atoms with van der Waals surface area (Å²) in [5, 5.41) is 2.97. The van der Waals surface area contributed by atoms with Crippen molar-refractivity contribution in [2.24, 2.45) is 0 Å². The van der Waals surface area contributed by atoms with Gasteiger partial charge in [-0.2, -0.15) is 0 Å². The van der Waals surface area contributed by atoms with E-state index in [-0.39, 0.29) is 25.7 Å². The average molecular weight is 447 g/mol. The normalized spacial score (nSPS) is 12.6. The SMILES string of the molecule is CCc1ccc(CC)c(CNC(=O)CCCN(c2ccc3c(c2)OCO3)S(C)(=O)=O)c1. The molecule has 0 saturated carbocycles. The highest BCUT2D eigenvalue weighted by Crippen LogP contribution is 2.36. The standard InChI is InChI=1S/C23H30N2O5S/c1-4-17-8-9-18(5-2)19(13-17)15-24-23(26)7-6-12-25(31(3,27)28)20-10-11-21-22(14-20)30-16-29-21/h8-11,13-14H,4-7,12,15-16H2,1-3H3,(H,24,26). The third kappa shape index (κ3) is 5.91. The number of aryl methyl sites for hydroxylation is 2. The Hall–Kier alpha value is -2.74. The van der Waals surface area contributed by atoms with Crippen LogP contribution in [0.2, 0.25) is 0 Å². The molecular weight excluding hydrogens is 416 g/mol. The van der Waals surface area contributed by atoms with Gasteiger partial charge in [-0.05, 0) is 48.1 Å². The number of carbonyl (C=O) groups excluding carboxylic acids is 1. The molecule has 0 spiro atoms. The van der Waals surface area contributed by atoms with Gasteiger partial charge in [0.2, 0.25) is 22.7 Å². The van der Waals surface area contributed by atoms with Crippen molar-refractivity contribution in [1.82, 2.24) is 5.32 Å². The van der Waals surface area contributed by atoms with Crippen LogP contribution in [0.1, 0.15) is 43.4 Å². The summed E-state index contributed by atoms with van der Waals surface area (Å²) in [7, 11) is -3.50. The monoisotopic (exact) mass is 446 g/mol. The fourth-order valence-electron chi connectivity index (χ4n) is 3.60. The van der Waals surface area contributed by atoms with E-state index in [9.17, 15) is 13.2 Å². The first kappa shape index (κ1) is 22.9. The minimum absolute atomic E-state index is 0.0944. The maximum absolute atomic E-state index is 12.4. The van der Waals surface area contributed by atoms with Gasteiger partial charge in [0.1, 0.15) is 0 Å². The van der Waals surface area contributed by atoms with Crippen LogP contribution in [-0.4, -0.2) is 33.9 Å². The molecule has 1 heterocycles. The number of nitrogens with one attached hydrogen (secondary N) is 1. The molecule has 1 aliphatic rings. The summed E-state index contributed by atoms with van der Waals surface area (Å²) >= 11 is 0. The number of ether oxygens (including phenoxy) is 2. The molecule has 0 aromatic heterocycles. The quantitative estimate of drug-likeness (QED) is 0.605. The first-order valence-electron chi connectivity index (χ1n) is 10.6. The summed E-state index contributed by atoms with van der Waals surface area (Å²) in [4.78, 5) is 12.4. The molecule has 2 aromatic rings. The van der Waals surface area contributed by atoms with Crippen LogP contribution < -0.4 is 19.1 Å². The van der Waals surface area contributed by atoms with Crippen molar-refractivity contribution in [3.8, 4) is 11.5 Å². The summed E-state index contributed by atoms with van der Waals surface area (Å²) in [5.41, 5.74) is 4.10. The van der Waals surface area contributed by atoms with Crippen molar-refractivity contribution in [3.05, 3.63) is 53.1 Å². The van der Waals surface area contributed by atoms with E-state index in [0.29, 0.717) is 30.2 Å². The first-order chi connectivity index (χ1) is 14.8. The Balaban J connectivity index is 1.57. The van der Waals surface area contributed by atoms with Crippen LogP contribution in [0.5, 0.6) is 11.5 Å². The van der Waals surface area contributed by atoms with Crippen LogP contribution in [0, 0.1) is 0 Å². The van der Waals surface area contributed by atoms with E-state index in [1.54, 1.807) is 18.2 Å². The average Bonchev–Trinajstić information content (AvgIpc) is 3.22. The second-order valence-corrected chi connectivity index (χ2v) is 9.47. The van der Waals surface area contributed by atoms with E-state index < -0.39 is 10.0 Å². The van der Waals surface area contributed by atoms with Crippen LogP contribution in [0.3, 0.4) is 0 Å². The van der Waals surface area contributed by atoms with Gasteiger partial charge in [-0.15, -0.1) is 0 Å². The van der Waals surface area contributed by atoms with Crippen molar-refractivity contribution in [3.63, 3.8) is 0 Å². The zero-order valence-electron chi connectivity index (χ0n) is 18.3. The zero-order valence-corrected chi connectivity index (χ0v) is 19.1. The number of benzene rings is 2. The van der Waals surface area contributed by atoms with Crippen molar-refractivity contribution in [2.45, 2.75) is 46.1 Å². The molecule has 1 aliphatic heterocycles. The zero-order chi connectivity index (χ0) is 22.4. The molecule has 2 aromatic carbocycles. The Morgan fingerprint density at radius 3 is 2.52 bits per heavy atom. The topological polar surface area (TPSA) is 84.9 Å². The lowest BCUT2D eigenvalue weighted by molar-refractivity contribution is -0.121. The number of amides is 1.